The third kappa shape index (κ3) is 5.32. The van der Waals surface area contributed by atoms with E-state index in [1.54, 1.807) is 0 Å². The number of hydrogen-bond acceptors (Lipinski definition) is 15. The number of aliphatic hydroxyl groups excluding tert-OH is 10. The van der Waals surface area contributed by atoms with E-state index in [2.05, 4.69) is 0 Å². The van der Waals surface area contributed by atoms with E-state index in [9.17, 15) is 51.1 Å². The van der Waals surface area contributed by atoms with Crippen molar-refractivity contribution in [3.8, 4) is 0 Å². The normalized spacial score (nSPS) is 53.7. The van der Waals surface area contributed by atoms with Gasteiger partial charge in [-0.15, -0.1) is 0 Å². The highest BCUT2D eigenvalue weighted by molar-refractivity contribution is 4.96. The molecule has 0 aliphatic carbocycles. The molecule has 3 aliphatic heterocycles. The summed E-state index contributed by atoms with van der Waals surface area (Å²) in [5, 5.41) is 99.8. The average molecular weight is 488 g/mol. The second-order valence-electron chi connectivity index (χ2n) is 8.32. The molecule has 3 heterocycles. The molecule has 15 atom stereocenters. The van der Waals surface area contributed by atoms with Gasteiger partial charge in [0.1, 0.15) is 67.1 Å². The van der Waals surface area contributed by atoms with Gasteiger partial charge in [0.25, 0.3) is 0 Å². The van der Waals surface area contributed by atoms with Gasteiger partial charge in [-0.25, -0.2) is 0 Å². The summed E-state index contributed by atoms with van der Waals surface area (Å²) in [6.45, 7) is -0.127. The summed E-state index contributed by atoms with van der Waals surface area (Å²) in [6.07, 6.45) is -24.0. The molecule has 0 unspecified atom stereocenters. The minimum Gasteiger partial charge on any atom is -0.394 e. The average Bonchev–Trinajstić information content (AvgIpc) is 2.80. The molecule has 3 fully saturated rings. The molecule has 0 radical (unpaired) electrons. The minimum atomic E-state index is -1.88. The van der Waals surface area contributed by atoms with Crippen LogP contribution in [0.15, 0.2) is 0 Å². The number of rotatable bonds is 6. The van der Waals surface area contributed by atoms with Gasteiger partial charge in [-0.3, -0.25) is 0 Å². The highest BCUT2D eigenvalue weighted by Crippen LogP contribution is 2.32. The quantitative estimate of drug-likeness (QED) is 0.167. The first-order chi connectivity index (χ1) is 15.5. The molecule has 3 aliphatic rings. The van der Waals surface area contributed by atoms with Crippen molar-refractivity contribution in [3.05, 3.63) is 0 Å². The van der Waals surface area contributed by atoms with E-state index in [0.29, 0.717) is 0 Å². The van der Waals surface area contributed by atoms with Crippen molar-refractivity contribution in [2.45, 2.75) is 99.0 Å². The lowest BCUT2D eigenvalue weighted by Gasteiger charge is -2.48. The summed E-state index contributed by atoms with van der Waals surface area (Å²) in [7, 11) is 0. The number of aliphatic hydroxyl groups is 10. The molecule has 0 spiro atoms. The Balaban J connectivity index is 1.83. The molecule has 0 amide bonds. The van der Waals surface area contributed by atoms with Gasteiger partial charge in [-0.05, 0) is 6.92 Å². The molecule has 10 N–H and O–H groups in total. The molecule has 15 heteroatoms. The SMILES string of the molecule is C[C@@H]1O[C@@H](O[C@@H]2[C@@H](O)[C@H](O)O[C@H](CO)[C@H]2O[C@@H]2O[C@H](CO)[C@@H](O)[C@H](O)[C@@H]2O)[C@@H](O)[C@H](O)[C@@H]1O. The monoisotopic (exact) mass is 488 g/mol. The van der Waals surface area contributed by atoms with Crippen molar-refractivity contribution in [1.82, 2.24) is 0 Å². The third-order valence-electron chi connectivity index (χ3n) is 6.05. The first kappa shape index (κ1) is 27.0. The Bertz CT molecular complexity index is 624. The third-order valence-corrected chi connectivity index (χ3v) is 6.05. The second-order valence-corrected chi connectivity index (χ2v) is 8.32. The summed E-state index contributed by atoms with van der Waals surface area (Å²) in [4.78, 5) is 0. The van der Waals surface area contributed by atoms with Crippen molar-refractivity contribution in [2.75, 3.05) is 13.2 Å². The molecule has 0 aromatic heterocycles. The highest BCUT2D eigenvalue weighted by Gasteiger charge is 2.53. The Morgan fingerprint density at radius 2 is 1.06 bits per heavy atom. The standard InChI is InChI=1S/C18H32O15/c1-4-7(21)9(23)11(25)17(29-4)33-15-13(27)16(28)30-6(3-20)14(15)32-18-12(26)10(24)8(22)5(2-19)31-18/h4-28H,2-3H2,1H3/t4-,5+,6+,7+,8+,9+,10-,11-,12-,13+,14+,15+,16+,17-,18-/m0/s1. The van der Waals surface area contributed by atoms with E-state index in [1.807, 2.05) is 0 Å². The lowest BCUT2D eigenvalue weighted by atomic mass is 9.96. The predicted molar refractivity (Wildman–Crippen MR) is 99.8 cm³/mol. The zero-order chi connectivity index (χ0) is 24.6. The Morgan fingerprint density at radius 3 is 1.64 bits per heavy atom. The summed E-state index contributed by atoms with van der Waals surface area (Å²) < 4.78 is 26.9. The van der Waals surface area contributed by atoms with E-state index >= 15 is 0 Å². The van der Waals surface area contributed by atoms with Gasteiger partial charge in [0.05, 0.1) is 19.3 Å². The topological polar surface area (TPSA) is 248 Å². The van der Waals surface area contributed by atoms with Crippen molar-refractivity contribution in [1.29, 1.82) is 0 Å². The van der Waals surface area contributed by atoms with Crippen molar-refractivity contribution >= 4 is 0 Å². The zero-order valence-corrected chi connectivity index (χ0v) is 17.6. The molecule has 0 aromatic rings. The largest absolute Gasteiger partial charge is 0.394 e. The van der Waals surface area contributed by atoms with Crippen LogP contribution >= 0.6 is 0 Å². The molecule has 3 rings (SSSR count). The maximum absolute atomic E-state index is 10.5. The summed E-state index contributed by atoms with van der Waals surface area (Å²) in [6, 6.07) is 0. The highest BCUT2D eigenvalue weighted by atomic mass is 16.8. The molecule has 0 aromatic carbocycles. The van der Waals surface area contributed by atoms with Crippen LogP contribution in [0.2, 0.25) is 0 Å². The van der Waals surface area contributed by atoms with Crippen molar-refractivity contribution in [2.24, 2.45) is 0 Å². The van der Waals surface area contributed by atoms with Gasteiger partial charge in [-0.1, -0.05) is 0 Å². The fraction of sp³-hybridized carbons (Fsp3) is 1.00. The lowest BCUT2D eigenvalue weighted by molar-refractivity contribution is -0.382. The maximum atomic E-state index is 10.5. The molecule has 15 nitrogen and oxygen atoms in total. The van der Waals surface area contributed by atoms with E-state index in [1.165, 1.54) is 6.92 Å². The predicted octanol–water partition coefficient (Wildman–Crippen LogP) is -6.55. The summed E-state index contributed by atoms with van der Waals surface area (Å²) in [5.74, 6) is 0. The van der Waals surface area contributed by atoms with Crippen LogP contribution < -0.4 is 0 Å². The van der Waals surface area contributed by atoms with E-state index < -0.39 is 105 Å². The zero-order valence-electron chi connectivity index (χ0n) is 17.6. The first-order valence-electron chi connectivity index (χ1n) is 10.4. The fourth-order valence-electron chi connectivity index (χ4n) is 3.99. The molecule has 0 bridgehead atoms. The van der Waals surface area contributed by atoms with Gasteiger partial charge in [0.15, 0.2) is 18.9 Å². The van der Waals surface area contributed by atoms with Crippen molar-refractivity contribution in [3.63, 3.8) is 0 Å². The van der Waals surface area contributed by atoms with E-state index in [0.717, 1.165) is 0 Å². The van der Waals surface area contributed by atoms with Gasteiger partial charge in [0, 0.05) is 0 Å². The van der Waals surface area contributed by atoms with Crippen LogP contribution in [0.25, 0.3) is 0 Å². The molecule has 33 heavy (non-hydrogen) atoms. The van der Waals surface area contributed by atoms with Gasteiger partial charge < -0.3 is 74.7 Å². The smallest absolute Gasteiger partial charge is 0.187 e. The van der Waals surface area contributed by atoms with Crippen LogP contribution in [0.1, 0.15) is 6.92 Å². The Labute approximate surface area is 187 Å². The molecular weight excluding hydrogens is 456 g/mol. The molecule has 0 saturated carbocycles. The van der Waals surface area contributed by atoms with Crippen LogP contribution in [0.4, 0.5) is 0 Å². The van der Waals surface area contributed by atoms with Gasteiger partial charge in [-0.2, -0.15) is 0 Å². The Morgan fingerprint density at radius 1 is 0.545 bits per heavy atom. The minimum absolute atomic E-state index is 0.739. The van der Waals surface area contributed by atoms with E-state index in [4.69, 9.17) is 23.7 Å². The van der Waals surface area contributed by atoms with Gasteiger partial charge >= 0.3 is 0 Å². The van der Waals surface area contributed by atoms with Crippen LogP contribution in [0, 0.1) is 0 Å². The Kier molecular flexibility index (Phi) is 8.99. The lowest BCUT2D eigenvalue weighted by Crippen LogP contribution is -2.66. The summed E-state index contributed by atoms with van der Waals surface area (Å²) in [5.41, 5.74) is 0. The number of ether oxygens (including phenoxy) is 5. The maximum Gasteiger partial charge on any atom is 0.187 e. The van der Waals surface area contributed by atoms with Crippen LogP contribution in [0.5, 0.6) is 0 Å². The molecular formula is C18H32O15. The van der Waals surface area contributed by atoms with Crippen LogP contribution in [-0.2, 0) is 23.7 Å². The Hall–Kier alpha value is -0.600. The summed E-state index contributed by atoms with van der Waals surface area (Å²) >= 11 is 0. The van der Waals surface area contributed by atoms with Crippen LogP contribution in [0.3, 0.4) is 0 Å². The number of hydrogen-bond donors (Lipinski definition) is 10. The molecule has 3 saturated heterocycles. The first-order valence-corrected chi connectivity index (χ1v) is 10.4. The molecule has 194 valence electrons. The van der Waals surface area contributed by atoms with Gasteiger partial charge in [0.2, 0.25) is 0 Å². The van der Waals surface area contributed by atoms with E-state index in [-0.39, 0.29) is 0 Å². The second kappa shape index (κ2) is 11.0. The van der Waals surface area contributed by atoms with Crippen LogP contribution in [-0.4, -0.2) is 156 Å². The van der Waals surface area contributed by atoms with Crippen molar-refractivity contribution < 1.29 is 74.7 Å². The fourth-order valence-corrected chi connectivity index (χ4v) is 3.99.